The molecule has 20 heavy (non-hydrogen) atoms. The predicted molar refractivity (Wildman–Crippen MR) is 75.6 cm³/mol. The molecule has 2 rings (SSSR count). The highest BCUT2D eigenvalue weighted by molar-refractivity contribution is 6.00. The monoisotopic (exact) mass is 277 g/mol. The van der Waals surface area contributed by atoms with Gasteiger partial charge in [-0.3, -0.25) is 9.59 Å². The van der Waals surface area contributed by atoms with Crippen LogP contribution >= 0.6 is 0 Å². The van der Waals surface area contributed by atoms with Crippen LogP contribution in [0, 0.1) is 0 Å². The van der Waals surface area contributed by atoms with E-state index in [1.54, 1.807) is 11.8 Å². The molecule has 0 bridgehead atoms. The second kappa shape index (κ2) is 6.38. The van der Waals surface area contributed by atoms with E-state index < -0.39 is 6.10 Å². The topological polar surface area (TPSA) is 84.7 Å². The lowest BCUT2D eigenvalue weighted by Gasteiger charge is -2.32. The van der Waals surface area contributed by atoms with Crippen molar-refractivity contribution in [2.45, 2.75) is 19.4 Å². The number of nitrogens with two attached hydrogens (primary N) is 1. The van der Waals surface area contributed by atoms with Crippen molar-refractivity contribution in [2.75, 3.05) is 24.5 Å². The predicted octanol–water partition coefficient (Wildman–Crippen LogP) is 0.265. The summed E-state index contributed by atoms with van der Waals surface area (Å²) in [6.45, 7) is 2.89. The first-order chi connectivity index (χ1) is 9.63. The summed E-state index contributed by atoms with van der Waals surface area (Å²) in [6, 6.07) is 7.33. The fraction of sp³-hybridized carbons (Fsp3) is 0.429. The van der Waals surface area contributed by atoms with Crippen molar-refractivity contribution in [3.8, 4) is 5.75 Å². The number of rotatable bonds is 5. The molecule has 0 aromatic heterocycles. The van der Waals surface area contributed by atoms with Crippen LogP contribution in [-0.2, 0) is 9.59 Å². The van der Waals surface area contributed by atoms with Gasteiger partial charge in [0.05, 0.1) is 5.69 Å². The number of para-hydroxylation sites is 2. The van der Waals surface area contributed by atoms with E-state index in [9.17, 15) is 9.59 Å². The number of nitrogens with one attached hydrogen (secondary N) is 1. The van der Waals surface area contributed by atoms with Gasteiger partial charge in [-0.1, -0.05) is 12.1 Å². The Morgan fingerprint density at radius 1 is 1.45 bits per heavy atom. The molecule has 1 aliphatic heterocycles. The Morgan fingerprint density at radius 2 is 2.20 bits per heavy atom. The fourth-order valence-electron chi connectivity index (χ4n) is 2.10. The molecular weight excluding hydrogens is 258 g/mol. The van der Waals surface area contributed by atoms with E-state index >= 15 is 0 Å². The first-order valence-corrected chi connectivity index (χ1v) is 6.67. The number of carbonyl (C=O) groups excluding carboxylic acids is 2. The second-order valence-electron chi connectivity index (χ2n) is 4.61. The van der Waals surface area contributed by atoms with Crippen LogP contribution in [0.3, 0.4) is 0 Å². The minimum Gasteiger partial charge on any atom is -0.479 e. The van der Waals surface area contributed by atoms with Gasteiger partial charge in [-0.2, -0.15) is 0 Å². The van der Waals surface area contributed by atoms with Crippen molar-refractivity contribution in [3.05, 3.63) is 24.3 Å². The lowest BCUT2D eigenvalue weighted by molar-refractivity contribution is -0.125. The van der Waals surface area contributed by atoms with Gasteiger partial charge in [-0.05, 0) is 19.1 Å². The zero-order chi connectivity index (χ0) is 14.5. The summed E-state index contributed by atoms with van der Waals surface area (Å²) in [4.78, 5) is 25.4. The number of carbonyl (C=O) groups is 2. The van der Waals surface area contributed by atoms with Gasteiger partial charge in [0.25, 0.3) is 5.91 Å². The van der Waals surface area contributed by atoms with Crippen LogP contribution in [0.25, 0.3) is 0 Å². The van der Waals surface area contributed by atoms with Gasteiger partial charge < -0.3 is 20.7 Å². The summed E-state index contributed by atoms with van der Waals surface area (Å²) in [5.74, 6) is 0.428. The quantitative estimate of drug-likeness (QED) is 0.809. The summed E-state index contributed by atoms with van der Waals surface area (Å²) in [5.41, 5.74) is 6.03. The minimum atomic E-state index is -0.531. The number of benzene rings is 1. The normalized spacial score (nSPS) is 17.4. The summed E-state index contributed by atoms with van der Waals surface area (Å²) >= 11 is 0. The number of ether oxygens (including phenoxy) is 1. The highest BCUT2D eigenvalue weighted by Gasteiger charge is 2.31. The first-order valence-electron chi connectivity index (χ1n) is 6.67. The van der Waals surface area contributed by atoms with E-state index in [4.69, 9.17) is 10.5 Å². The molecule has 6 nitrogen and oxygen atoms in total. The molecule has 2 amide bonds. The number of hydrogen-bond donors (Lipinski definition) is 2. The molecule has 1 heterocycles. The number of nitrogens with zero attached hydrogens (tertiary/aromatic N) is 1. The van der Waals surface area contributed by atoms with E-state index in [0.717, 1.165) is 0 Å². The molecule has 108 valence electrons. The zero-order valence-electron chi connectivity index (χ0n) is 11.5. The molecule has 0 saturated carbocycles. The maximum Gasteiger partial charge on any atom is 0.267 e. The second-order valence-corrected chi connectivity index (χ2v) is 4.61. The first kappa shape index (κ1) is 14.3. The van der Waals surface area contributed by atoms with Gasteiger partial charge in [0.2, 0.25) is 5.91 Å². The van der Waals surface area contributed by atoms with Gasteiger partial charge >= 0.3 is 0 Å². The molecule has 1 aliphatic rings. The SMILES string of the molecule is CC1Oc2ccccc2N(CCC(=O)NCCN)C1=O. The summed E-state index contributed by atoms with van der Waals surface area (Å²) in [5, 5.41) is 2.69. The van der Waals surface area contributed by atoms with Crippen LogP contribution in [0.15, 0.2) is 24.3 Å². The van der Waals surface area contributed by atoms with Crippen molar-refractivity contribution >= 4 is 17.5 Å². The molecule has 0 spiro atoms. The third kappa shape index (κ3) is 3.08. The molecule has 0 aliphatic carbocycles. The number of fused-ring (bicyclic) bond motifs is 1. The Labute approximate surface area is 117 Å². The number of amides is 2. The molecule has 1 unspecified atom stereocenters. The van der Waals surface area contributed by atoms with Gasteiger partial charge in [-0.15, -0.1) is 0 Å². The Balaban J connectivity index is 2.06. The van der Waals surface area contributed by atoms with Crippen molar-refractivity contribution < 1.29 is 14.3 Å². The largest absolute Gasteiger partial charge is 0.479 e. The van der Waals surface area contributed by atoms with E-state index in [-0.39, 0.29) is 18.2 Å². The standard InChI is InChI=1S/C14H19N3O3/c1-10-14(19)17(9-6-13(18)16-8-7-15)11-4-2-3-5-12(11)20-10/h2-5,10H,6-9,15H2,1H3,(H,16,18). The van der Waals surface area contributed by atoms with Crippen LogP contribution < -0.4 is 20.7 Å². The third-order valence-corrected chi connectivity index (χ3v) is 3.10. The smallest absolute Gasteiger partial charge is 0.267 e. The third-order valence-electron chi connectivity index (χ3n) is 3.10. The lowest BCUT2D eigenvalue weighted by atomic mass is 10.1. The molecule has 1 aromatic rings. The minimum absolute atomic E-state index is 0.111. The lowest BCUT2D eigenvalue weighted by Crippen LogP contribution is -2.46. The van der Waals surface area contributed by atoms with E-state index in [1.165, 1.54) is 0 Å². The van der Waals surface area contributed by atoms with Crippen LogP contribution in [0.2, 0.25) is 0 Å². The van der Waals surface area contributed by atoms with E-state index in [1.807, 2.05) is 24.3 Å². The highest BCUT2D eigenvalue weighted by atomic mass is 16.5. The van der Waals surface area contributed by atoms with Crippen molar-refractivity contribution in [1.82, 2.24) is 5.32 Å². The van der Waals surface area contributed by atoms with Gasteiger partial charge in [0.15, 0.2) is 6.10 Å². The Bertz CT molecular complexity index is 504. The van der Waals surface area contributed by atoms with Crippen LogP contribution in [-0.4, -0.2) is 37.6 Å². The average molecular weight is 277 g/mol. The molecule has 6 heteroatoms. The average Bonchev–Trinajstić information content (AvgIpc) is 2.45. The highest BCUT2D eigenvalue weighted by Crippen LogP contribution is 2.33. The zero-order valence-corrected chi connectivity index (χ0v) is 11.5. The van der Waals surface area contributed by atoms with E-state index in [0.29, 0.717) is 31.1 Å². The van der Waals surface area contributed by atoms with Crippen LogP contribution in [0.1, 0.15) is 13.3 Å². The molecule has 0 saturated heterocycles. The maximum atomic E-state index is 12.2. The summed E-state index contributed by atoms with van der Waals surface area (Å²) in [6.07, 6.45) is -0.288. The summed E-state index contributed by atoms with van der Waals surface area (Å²) in [7, 11) is 0. The fourth-order valence-corrected chi connectivity index (χ4v) is 2.10. The molecule has 0 radical (unpaired) electrons. The molecule has 0 fully saturated rings. The van der Waals surface area contributed by atoms with Crippen molar-refractivity contribution in [1.29, 1.82) is 0 Å². The Morgan fingerprint density at radius 3 is 2.95 bits per heavy atom. The molecular formula is C14H19N3O3. The Hall–Kier alpha value is -2.08. The Kier molecular flexibility index (Phi) is 4.57. The van der Waals surface area contributed by atoms with Gasteiger partial charge in [-0.25, -0.2) is 0 Å². The molecule has 1 atom stereocenters. The number of hydrogen-bond acceptors (Lipinski definition) is 4. The van der Waals surface area contributed by atoms with E-state index in [2.05, 4.69) is 5.32 Å². The van der Waals surface area contributed by atoms with Gasteiger partial charge in [0.1, 0.15) is 5.75 Å². The molecule has 1 aromatic carbocycles. The molecule has 3 N–H and O–H groups in total. The van der Waals surface area contributed by atoms with Crippen LogP contribution in [0.4, 0.5) is 5.69 Å². The maximum absolute atomic E-state index is 12.2. The van der Waals surface area contributed by atoms with Crippen LogP contribution in [0.5, 0.6) is 5.75 Å². The summed E-state index contributed by atoms with van der Waals surface area (Å²) < 4.78 is 5.54. The number of anilines is 1. The van der Waals surface area contributed by atoms with Crippen molar-refractivity contribution in [2.24, 2.45) is 5.73 Å². The van der Waals surface area contributed by atoms with Gasteiger partial charge in [0, 0.05) is 26.1 Å². The van der Waals surface area contributed by atoms with Crippen molar-refractivity contribution in [3.63, 3.8) is 0 Å².